The number of hydrogen-bond donors (Lipinski definition) is 2. The van der Waals surface area contributed by atoms with Crippen molar-refractivity contribution in [1.82, 2.24) is 4.90 Å². The molecular formula is C15H22N2O2. The van der Waals surface area contributed by atoms with Crippen molar-refractivity contribution in [3.05, 3.63) is 29.3 Å². The van der Waals surface area contributed by atoms with Crippen LogP contribution in [0.15, 0.2) is 18.2 Å². The molecule has 2 N–H and O–H groups in total. The van der Waals surface area contributed by atoms with E-state index in [2.05, 4.69) is 26.1 Å². The Morgan fingerprint density at radius 1 is 1.42 bits per heavy atom. The number of carbonyl (C=O) groups excluding carboxylic acids is 1. The molecule has 1 aromatic rings. The van der Waals surface area contributed by atoms with E-state index in [1.807, 2.05) is 18.2 Å². The average molecular weight is 262 g/mol. The first-order valence-corrected chi connectivity index (χ1v) is 6.59. The number of hydrogen-bond acceptors (Lipinski definition) is 2. The van der Waals surface area contributed by atoms with Crippen LogP contribution in [-0.2, 0) is 6.54 Å². The van der Waals surface area contributed by atoms with Crippen LogP contribution in [0.5, 0.6) is 0 Å². The van der Waals surface area contributed by atoms with E-state index >= 15 is 0 Å². The summed E-state index contributed by atoms with van der Waals surface area (Å²) in [6, 6.07) is 5.67. The lowest BCUT2D eigenvalue weighted by molar-refractivity contribution is 0.122. The molecule has 1 heterocycles. The second-order valence-corrected chi connectivity index (χ2v) is 6.48. The van der Waals surface area contributed by atoms with E-state index in [-0.39, 0.29) is 11.4 Å². The third-order valence-electron chi connectivity index (χ3n) is 3.32. The van der Waals surface area contributed by atoms with Gasteiger partial charge < -0.3 is 15.3 Å². The minimum absolute atomic E-state index is 0.0837. The van der Waals surface area contributed by atoms with Gasteiger partial charge in [0, 0.05) is 19.3 Å². The summed E-state index contributed by atoms with van der Waals surface area (Å²) in [5.74, 6) is 0. The van der Waals surface area contributed by atoms with Crippen LogP contribution in [0.3, 0.4) is 0 Å². The van der Waals surface area contributed by atoms with Crippen molar-refractivity contribution in [1.29, 1.82) is 0 Å². The normalized spacial score (nSPS) is 16.9. The molecule has 0 aromatic heterocycles. The van der Waals surface area contributed by atoms with Gasteiger partial charge in [-0.15, -0.1) is 0 Å². The second kappa shape index (κ2) is 4.85. The molecule has 1 aliphatic rings. The number of amides is 2. The van der Waals surface area contributed by atoms with E-state index in [0.29, 0.717) is 13.0 Å². The molecular weight excluding hydrogens is 240 g/mol. The molecule has 1 unspecified atom stereocenters. The van der Waals surface area contributed by atoms with Gasteiger partial charge >= 0.3 is 6.03 Å². The molecule has 0 radical (unpaired) electrons. The number of aliphatic hydroxyl groups excluding tert-OH is 1. The zero-order chi connectivity index (χ0) is 14.2. The maximum atomic E-state index is 11.5. The molecule has 0 fully saturated rings. The Balaban J connectivity index is 2.22. The molecule has 1 aromatic carbocycles. The van der Waals surface area contributed by atoms with E-state index in [4.69, 9.17) is 0 Å². The van der Waals surface area contributed by atoms with Crippen molar-refractivity contribution in [2.45, 2.75) is 39.8 Å². The summed E-state index contributed by atoms with van der Waals surface area (Å²) in [5.41, 5.74) is 2.89. The smallest absolute Gasteiger partial charge is 0.321 e. The molecule has 1 atom stereocenters. The van der Waals surface area contributed by atoms with Crippen LogP contribution < -0.4 is 5.32 Å². The molecule has 0 saturated heterocycles. The highest BCUT2D eigenvalue weighted by Crippen LogP contribution is 2.32. The fourth-order valence-corrected chi connectivity index (χ4v) is 2.31. The van der Waals surface area contributed by atoms with Crippen LogP contribution >= 0.6 is 0 Å². The summed E-state index contributed by atoms with van der Waals surface area (Å²) < 4.78 is 0. The van der Waals surface area contributed by atoms with Crippen molar-refractivity contribution in [2.75, 3.05) is 12.4 Å². The maximum Gasteiger partial charge on any atom is 0.321 e. The number of anilines is 1. The monoisotopic (exact) mass is 262 g/mol. The number of benzene rings is 1. The van der Waals surface area contributed by atoms with E-state index in [1.54, 1.807) is 11.9 Å². The average Bonchev–Trinajstić information content (AvgIpc) is 2.27. The largest absolute Gasteiger partial charge is 0.388 e. The fourth-order valence-electron chi connectivity index (χ4n) is 2.31. The number of rotatable bonds is 2. The molecule has 4 nitrogen and oxygen atoms in total. The van der Waals surface area contributed by atoms with Gasteiger partial charge in [0.1, 0.15) is 0 Å². The minimum Gasteiger partial charge on any atom is -0.388 e. The molecule has 0 bridgehead atoms. The van der Waals surface area contributed by atoms with Gasteiger partial charge in [-0.05, 0) is 35.1 Å². The molecule has 4 heteroatoms. The summed E-state index contributed by atoms with van der Waals surface area (Å²) in [6.07, 6.45) is 0.252. The Morgan fingerprint density at radius 3 is 2.74 bits per heavy atom. The highest BCUT2D eigenvalue weighted by molar-refractivity contribution is 5.92. The molecule has 0 saturated carbocycles. The van der Waals surface area contributed by atoms with Crippen molar-refractivity contribution >= 4 is 11.7 Å². The lowest BCUT2D eigenvalue weighted by atomic mass is 9.86. The summed E-state index contributed by atoms with van der Waals surface area (Å²) in [5, 5.41) is 13.1. The lowest BCUT2D eigenvalue weighted by Crippen LogP contribution is -2.35. The highest BCUT2D eigenvalue weighted by Gasteiger charge is 2.22. The van der Waals surface area contributed by atoms with Gasteiger partial charge in [-0.2, -0.15) is 0 Å². The first-order chi connectivity index (χ1) is 8.76. The van der Waals surface area contributed by atoms with E-state index in [0.717, 1.165) is 16.8 Å². The van der Waals surface area contributed by atoms with Crippen molar-refractivity contribution in [3.8, 4) is 0 Å². The number of nitrogens with zero attached hydrogens (tertiary/aromatic N) is 1. The van der Waals surface area contributed by atoms with Gasteiger partial charge in [0.15, 0.2) is 0 Å². The number of fused-ring (bicyclic) bond motifs is 1. The van der Waals surface area contributed by atoms with Gasteiger partial charge in [0.05, 0.1) is 6.10 Å². The Morgan fingerprint density at radius 2 is 2.11 bits per heavy atom. The summed E-state index contributed by atoms with van der Waals surface area (Å²) in [6.45, 7) is 6.92. The predicted octanol–water partition coefficient (Wildman–Crippen LogP) is 3.13. The van der Waals surface area contributed by atoms with Crippen LogP contribution in [0.25, 0.3) is 0 Å². The Labute approximate surface area is 114 Å². The fraction of sp³-hybridized carbons (Fsp3) is 0.533. The van der Waals surface area contributed by atoms with Crippen LogP contribution in [0.1, 0.15) is 44.4 Å². The Kier molecular flexibility index (Phi) is 3.54. The molecule has 104 valence electrons. The van der Waals surface area contributed by atoms with Crippen molar-refractivity contribution in [3.63, 3.8) is 0 Å². The SMILES string of the molecule is CN1Cc2cc(C(O)CC(C)(C)C)ccc2NC1=O. The second-order valence-electron chi connectivity index (χ2n) is 6.48. The summed E-state index contributed by atoms with van der Waals surface area (Å²) in [7, 11) is 1.76. The van der Waals surface area contributed by atoms with Gasteiger partial charge in [-0.1, -0.05) is 26.8 Å². The molecule has 0 aliphatic carbocycles. The Hall–Kier alpha value is -1.55. The van der Waals surface area contributed by atoms with E-state index < -0.39 is 6.10 Å². The maximum absolute atomic E-state index is 11.5. The number of aliphatic hydroxyl groups is 1. The molecule has 0 spiro atoms. The first-order valence-electron chi connectivity index (χ1n) is 6.59. The summed E-state index contributed by atoms with van der Waals surface area (Å²) in [4.78, 5) is 13.2. The third kappa shape index (κ3) is 3.26. The third-order valence-corrected chi connectivity index (χ3v) is 3.32. The molecule has 2 amide bonds. The lowest BCUT2D eigenvalue weighted by Gasteiger charge is -2.28. The topological polar surface area (TPSA) is 52.6 Å². The Bertz CT molecular complexity index is 491. The van der Waals surface area contributed by atoms with Gasteiger partial charge in [-0.25, -0.2) is 4.79 Å². The predicted molar refractivity (Wildman–Crippen MR) is 76.0 cm³/mol. The molecule has 2 rings (SSSR count). The minimum atomic E-state index is -0.465. The number of carbonyl (C=O) groups is 1. The van der Waals surface area contributed by atoms with Crippen LogP contribution in [0.2, 0.25) is 0 Å². The van der Waals surface area contributed by atoms with E-state index in [9.17, 15) is 9.90 Å². The zero-order valence-corrected chi connectivity index (χ0v) is 12.0. The molecule has 1 aliphatic heterocycles. The summed E-state index contributed by atoms with van der Waals surface area (Å²) >= 11 is 0. The van der Waals surface area contributed by atoms with E-state index in [1.165, 1.54) is 0 Å². The first kappa shape index (κ1) is 13.9. The van der Waals surface area contributed by atoms with Crippen LogP contribution in [0.4, 0.5) is 10.5 Å². The van der Waals surface area contributed by atoms with Gasteiger partial charge in [-0.3, -0.25) is 0 Å². The van der Waals surface area contributed by atoms with Crippen molar-refractivity contribution in [2.24, 2.45) is 5.41 Å². The van der Waals surface area contributed by atoms with Crippen LogP contribution in [-0.4, -0.2) is 23.1 Å². The zero-order valence-electron chi connectivity index (χ0n) is 12.0. The quantitative estimate of drug-likeness (QED) is 0.860. The number of nitrogens with one attached hydrogen (secondary N) is 1. The van der Waals surface area contributed by atoms with Crippen molar-refractivity contribution < 1.29 is 9.90 Å². The van der Waals surface area contributed by atoms with Gasteiger partial charge in [0.2, 0.25) is 0 Å². The standard InChI is InChI=1S/C15H22N2O2/c1-15(2,3)8-13(18)10-5-6-12-11(7-10)9-17(4)14(19)16-12/h5-7,13,18H,8-9H2,1-4H3,(H,16,19). The van der Waals surface area contributed by atoms with Gasteiger partial charge in [0.25, 0.3) is 0 Å². The highest BCUT2D eigenvalue weighted by atomic mass is 16.3. The number of urea groups is 1. The molecule has 19 heavy (non-hydrogen) atoms. The van der Waals surface area contributed by atoms with Crippen LogP contribution in [0, 0.1) is 5.41 Å².